The van der Waals surface area contributed by atoms with Crippen LogP contribution in [0.2, 0.25) is 0 Å². The molecule has 2 N–H and O–H groups in total. The van der Waals surface area contributed by atoms with Crippen LogP contribution in [0.4, 0.5) is 0 Å². The minimum atomic E-state index is -3.35. The van der Waals surface area contributed by atoms with E-state index >= 15 is 0 Å². The highest BCUT2D eigenvalue weighted by Crippen LogP contribution is 2.15. The summed E-state index contributed by atoms with van der Waals surface area (Å²) in [5.41, 5.74) is 0.865. The second-order valence-corrected chi connectivity index (χ2v) is 6.74. The van der Waals surface area contributed by atoms with Crippen LogP contribution in [0.5, 0.6) is 0 Å². The van der Waals surface area contributed by atoms with Gasteiger partial charge in [-0.2, -0.15) is 11.8 Å². The molecule has 0 unspecified atom stereocenters. The van der Waals surface area contributed by atoms with Crippen molar-refractivity contribution in [1.29, 1.82) is 0 Å². The van der Waals surface area contributed by atoms with Crippen molar-refractivity contribution in [3.8, 4) is 0 Å². The summed E-state index contributed by atoms with van der Waals surface area (Å²) in [5.74, 6) is 0.795. The molecule has 1 heterocycles. The van der Waals surface area contributed by atoms with E-state index in [9.17, 15) is 8.42 Å². The molecule has 7 heteroatoms. The van der Waals surface area contributed by atoms with Gasteiger partial charge in [0.25, 0.3) is 0 Å². The molecule has 1 rings (SSSR count). The number of nitrogens with zero attached hydrogens (tertiary/aromatic N) is 1. The fraction of sp³-hybridized carbons (Fsp3) is 0.600. The molecule has 0 radical (unpaired) electrons. The summed E-state index contributed by atoms with van der Waals surface area (Å²) >= 11 is 1.63. The first-order valence-electron chi connectivity index (χ1n) is 5.29. The first-order chi connectivity index (χ1) is 8.02. The zero-order valence-corrected chi connectivity index (χ0v) is 12.0. The molecule has 0 amide bonds. The molecule has 0 bridgehead atoms. The molecule has 0 atom stereocenters. The van der Waals surface area contributed by atoms with Crippen molar-refractivity contribution in [1.82, 2.24) is 14.6 Å². The van der Waals surface area contributed by atoms with E-state index in [1.54, 1.807) is 24.9 Å². The second-order valence-electron chi connectivity index (χ2n) is 3.71. The number of rotatable bonds is 7. The highest BCUT2D eigenvalue weighted by Gasteiger charge is 2.21. The largest absolute Gasteiger partial charge is 0.363 e. The molecule has 0 fully saturated rings. The Morgan fingerprint density at radius 1 is 1.53 bits per heavy atom. The molecule has 17 heavy (non-hydrogen) atoms. The van der Waals surface area contributed by atoms with Crippen LogP contribution in [-0.4, -0.2) is 50.4 Å². The fourth-order valence-corrected chi connectivity index (χ4v) is 3.14. The van der Waals surface area contributed by atoms with E-state index in [1.807, 2.05) is 13.3 Å². The topological polar surface area (TPSA) is 65.2 Å². The SMILES string of the molecule is CNCc1cc(S(=O)(=O)N(C)CCSC)c[nH]1. The van der Waals surface area contributed by atoms with Gasteiger partial charge in [0.15, 0.2) is 0 Å². The summed E-state index contributed by atoms with van der Waals surface area (Å²) in [7, 11) is 0.0788. The lowest BCUT2D eigenvalue weighted by Gasteiger charge is -2.15. The molecule has 98 valence electrons. The molecular formula is C10H19N3O2S2. The van der Waals surface area contributed by atoms with Gasteiger partial charge in [-0.05, 0) is 19.4 Å². The molecule has 1 aromatic heterocycles. The van der Waals surface area contributed by atoms with Gasteiger partial charge >= 0.3 is 0 Å². The molecule has 5 nitrogen and oxygen atoms in total. The first-order valence-corrected chi connectivity index (χ1v) is 8.13. The van der Waals surface area contributed by atoms with Crippen molar-refractivity contribution in [3.63, 3.8) is 0 Å². The first kappa shape index (κ1) is 14.6. The number of nitrogens with one attached hydrogen (secondary N) is 2. The Morgan fingerprint density at radius 2 is 2.24 bits per heavy atom. The van der Waals surface area contributed by atoms with E-state index in [1.165, 1.54) is 10.5 Å². The van der Waals surface area contributed by atoms with Gasteiger partial charge < -0.3 is 10.3 Å². The molecule has 0 aliphatic rings. The highest BCUT2D eigenvalue weighted by atomic mass is 32.2. The quantitative estimate of drug-likeness (QED) is 0.771. The average molecular weight is 277 g/mol. The van der Waals surface area contributed by atoms with Crippen LogP contribution in [-0.2, 0) is 16.6 Å². The number of H-pyrrole nitrogens is 1. The maximum absolute atomic E-state index is 12.1. The zero-order valence-electron chi connectivity index (χ0n) is 10.4. The zero-order chi connectivity index (χ0) is 12.9. The van der Waals surface area contributed by atoms with Crippen LogP contribution in [0.1, 0.15) is 5.69 Å². The van der Waals surface area contributed by atoms with Gasteiger partial charge in [0, 0.05) is 37.8 Å². The lowest BCUT2D eigenvalue weighted by Crippen LogP contribution is -2.28. The fourth-order valence-electron chi connectivity index (χ4n) is 1.38. The van der Waals surface area contributed by atoms with Gasteiger partial charge in [-0.15, -0.1) is 0 Å². The summed E-state index contributed by atoms with van der Waals surface area (Å²) in [4.78, 5) is 3.28. The number of aromatic nitrogens is 1. The summed E-state index contributed by atoms with van der Waals surface area (Å²) in [5, 5.41) is 2.97. The van der Waals surface area contributed by atoms with Crippen LogP contribution in [0, 0.1) is 0 Å². The summed E-state index contributed by atoms with van der Waals surface area (Å²) in [6.07, 6.45) is 3.50. The maximum atomic E-state index is 12.1. The van der Waals surface area contributed by atoms with Crippen molar-refractivity contribution in [2.45, 2.75) is 11.4 Å². The molecule has 0 spiro atoms. The third-order valence-corrected chi connectivity index (χ3v) is 4.83. The van der Waals surface area contributed by atoms with Crippen molar-refractivity contribution in [3.05, 3.63) is 18.0 Å². The van der Waals surface area contributed by atoms with E-state index in [4.69, 9.17) is 0 Å². The molecule has 0 aromatic carbocycles. The highest BCUT2D eigenvalue weighted by molar-refractivity contribution is 7.98. The maximum Gasteiger partial charge on any atom is 0.244 e. The van der Waals surface area contributed by atoms with Crippen molar-refractivity contribution in [2.75, 3.05) is 32.6 Å². The molecule has 0 saturated carbocycles. The standard InChI is InChI=1S/C10H19N3O2S2/c1-11-7-9-6-10(8-12-9)17(14,15)13(2)4-5-16-3/h6,8,11-12H,4-5,7H2,1-3H3. The van der Waals surface area contributed by atoms with Gasteiger partial charge in [-0.25, -0.2) is 12.7 Å². The monoisotopic (exact) mass is 277 g/mol. The summed E-state index contributed by atoms with van der Waals surface area (Å²) < 4.78 is 25.6. The minimum absolute atomic E-state index is 0.325. The Morgan fingerprint density at radius 3 is 2.82 bits per heavy atom. The molecule has 0 saturated heterocycles. The van der Waals surface area contributed by atoms with Crippen LogP contribution in [0.3, 0.4) is 0 Å². The number of hydrogen-bond acceptors (Lipinski definition) is 4. The van der Waals surface area contributed by atoms with E-state index in [0.29, 0.717) is 18.0 Å². The average Bonchev–Trinajstić information content (AvgIpc) is 2.75. The van der Waals surface area contributed by atoms with Gasteiger partial charge in [0.1, 0.15) is 0 Å². The smallest absolute Gasteiger partial charge is 0.244 e. The number of thioether (sulfide) groups is 1. The Bertz CT molecular complexity index is 442. The van der Waals surface area contributed by atoms with Crippen LogP contribution in [0.15, 0.2) is 17.2 Å². The number of hydrogen-bond donors (Lipinski definition) is 2. The van der Waals surface area contributed by atoms with Gasteiger partial charge in [-0.3, -0.25) is 0 Å². The Balaban J connectivity index is 2.81. The third kappa shape index (κ3) is 3.74. The second kappa shape index (κ2) is 6.44. The molecular weight excluding hydrogens is 258 g/mol. The Hall–Kier alpha value is -0.500. The number of sulfonamides is 1. The summed E-state index contributed by atoms with van der Waals surface area (Å²) in [6.45, 7) is 1.15. The minimum Gasteiger partial charge on any atom is -0.363 e. The van der Waals surface area contributed by atoms with E-state index in [-0.39, 0.29) is 0 Å². The van der Waals surface area contributed by atoms with E-state index < -0.39 is 10.0 Å². The van der Waals surface area contributed by atoms with Crippen LogP contribution >= 0.6 is 11.8 Å². The predicted molar refractivity (Wildman–Crippen MR) is 71.8 cm³/mol. The lowest BCUT2D eigenvalue weighted by atomic mass is 10.4. The van der Waals surface area contributed by atoms with Gasteiger partial charge in [0.2, 0.25) is 10.0 Å². The molecule has 1 aromatic rings. The number of aromatic amines is 1. The molecule has 0 aliphatic carbocycles. The van der Waals surface area contributed by atoms with E-state index in [2.05, 4.69) is 10.3 Å². The third-order valence-electron chi connectivity index (χ3n) is 2.40. The Kier molecular flexibility index (Phi) is 5.51. The van der Waals surface area contributed by atoms with Crippen LogP contribution < -0.4 is 5.32 Å². The van der Waals surface area contributed by atoms with Crippen molar-refractivity contribution in [2.24, 2.45) is 0 Å². The Labute approximate surface area is 107 Å². The normalized spacial score (nSPS) is 12.2. The van der Waals surface area contributed by atoms with E-state index in [0.717, 1.165) is 11.4 Å². The van der Waals surface area contributed by atoms with Gasteiger partial charge in [0.05, 0.1) is 4.90 Å². The van der Waals surface area contributed by atoms with Crippen molar-refractivity contribution >= 4 is 21.8 Å². The summed E-state index contributed by atoms with van der Waals surface area (Å²) in [6, 6.07) is 1.67. The predicted octanol–water partition coefficient (Wildman–Crippen LogP) is 0.718. The lowest BCUT2D eigenvalue weighted by molar-refractivity contribution is 0.489. The van der Waals surface area contributed by atoms with Crippen molar-refractivity contribution < 1.29 is 8.42 Å². The van der Waals surface area contributed by atoms with Crippen LogP contribution in [0.25, 0.3) is 0 Å². The van der Waals surface area contributed by atoms with Gasteiger partial charge in [-0.1, -0.05) is 0 Å². The molecule has 0 aliphatic heterocycles.